The second kappa shape index (κ2) is 8.61. The summed E-state index contributed by atoms with van der Waals surface area (Å²) < 4.78 is 27.6. The fourth-order valence-corrected chi connectivity index (χ4v) is 5.41. The number of fused-ring (bicyclic) bond motifs is 1. The molecular formula is C22H25ClN4O3S. The SMILES string of the molecule is CC(C)NS(=O)(=O)c1ccc(Cl)c(C(=O)N2CCC[C@H](c3nc4ccccc4[nH]3)C2)c1. The summed E-state index contributed by atoms with van der Waals surface area (Å²) in [7, 11) is -3.73. The number of hydrogen-bond donors (Lipinski definition) is 2. The van der Waals surface area contributed by atoms with Gasteiger partial charge < -0.3 is 9.88 Å². The fourth-order valence-electron chi connectivity index (χ4n) is 3.93. The van der Waals surface area contributed by atoms with Crippen LogP contribution >= 0.6 is 11.6 Å². The first-order chi connectivity index (χ1) is 14.7. The molecule has 7 nitrogen and oxygen atoms in total. The quantitative estimate of drug-likeness (QED) is 0.603. The highest BCUT2D eigenvalue weighted by atomic mass is 35.5. The van der Waals surface area contributed by atoms with E-state index >= 15 is 0 Å². The molecule has 0 saturated carbocycles. The molecule has 3 aromatic rings. The molecule has 1 amide bonds. The first-order valence-corrected chi connectivity index (χ1v) is 12.2. The van der Waals surface area contributed by atoms with E-state index in [-0.39, 0.29) is 33.3 Å². The van der Waals surface area contributed by atoms with Crippen molar-refractivity contribution in [1.29, 1.82) is 0 Å². The van der Waals surface area contributed by atoms with E-state index < -0.39 is 10.0 Å². The molecule has 1 atom stereocenters. The lowest BCUT2D eigenvalue weighted by molar-refractivity contribution is 0.0705. The Morgan fingerprint density at radius 2 is 2.03 bits per heavy atom. The van der Waals surface area contributed by atoms with Crippen LogP contribution in [0, 0.1) is 0 Å². The monoisotopic (exact) mass is 460 g/mol. The molecule has 164 valence electrons. The second-order valence-corrected chi connectivity index (χ2v) is 10.3. The Labute approximate surface area is 186 Å². The van der Waals surface area contributed by atoms with Crippen LogP contribution in [0.15, 0.2) is 47.4 Å². The molecule has 0 spiro atoms. The molecule has 0 radical (unpaired) electrons. The summed E-state index contributed by atoms with van der Waals surface area (Å²) in [6, 6.07) is 11.8. The summed E-state index contributed by atoms with van der Waals surface area (Å²) in [4.78, 5) is 23.1. The number of benzene rings is 2. The van der Waals surface area contributed by atoms with E-state index in [0.29, 0.717) is 13.1 Å². The predicted molar refractivity (Wildman–Crippen MR) is 121 cm³/mol. The third-order valence-electron chi connectivity index (χ3n) is 5.37. The number of likely N-dealkylation sites (tertiary alicyclic amines) is 1. The van der Waals surface area contributed by atoms with Crippen LogP contribution in [0.25, 0.3) is 11.0 Å². The Bertz CT molecular complexity index is 1190. The standard InChI is InChI=1S/C22H25ClN4O3S/c1-14(2)26-31(29,30)16-9-10-18(23)17(12-16)22(28)27-11-5-6-15(13-27)21-24-19-7-3-4-8-20(19)25-21/h3-4,7-10,12,14-15,26H,5-6,11,13H2,1-2H3,(H,24,25)/t15-/m0/s1. The lowest BCUT2D eigenvalue weighted by Gasteiger charge is -2.32. The van der Waals surface area contributed by atoms with E-state index in [9.17, 15) is 13.2 Å². The minimum Gasteiger partial charge on any atom is -0.342 e. The van der Waals surface area contributed by atoms with Crippen molar-refractivity contribution < 1.29 is 13.2 Å². The first kappa shape index (κ1) is 21.8. The van der Waals surface area contributed by atoms with Gasteiger partial charge >= 0.3 is 0 Å². The Kier molecular flexibility index (Phi) is 6.05. The Hall–Kier alpha value is -2.42. The highest BCUT2D eigenvalue weighted by molar-refractivity contribution is 7.89. The molecule has 9 heteroatoms. The van der Waals surface area contributed by atoms with E-state index in [1.165, 1.54) is 18.2 Å². The van der Waals surface area contributed by atoms with E-state index in [4.69, 9.17) is 11.6 Å². The normalized spacial score (nSPS) is 17.4. The third kappa shape index (κ3) is 4.61. The molecular weight excluding hydrogens is 436 g/mol. The zero-order chi connectivity index (χ0) is 22.2. The Morgan fingerprint density at radius 3 is 2.77 bits per heavy atom. The van der Waals surface area contributed by atoms with E-state index in [1.54, 1.807) is 18.7 Å². The molecule has 1 fully saturated rings. The van der Waals surface area contributed by atoms with Crippen molar-refractivity contribution in [2.75, 3.05) is 13.1 Å². The van der Waals surface area contributed by atoms with Crippen LogP contribution in [-0.2, 0) is 10.0 Å². The average Bonchev–Trinajstić information content (AvgIpc) is 3.17. The molecule has 4 rings (SSSR count). The number of halogens is 1. The van der Waals surface area contributed by atoms with Crippen LogP contribution in [0.3, 0.4) is 0 Å². The van der Waals surface area contributed by atoms with Crippen LogP contribution < -0.4 is 4.72 Å². The van der Waals surface area contributed by atoms with Crippen molar-refractivity contribution in [1.82, 2.24) is 19.6 Å². The summed E-state index contributed by atoms with van der Waals surface area (Å²) in [5.41, 5.74) is 2.07. The number of rotatable bonds is 5. The molecule has 31 heavy (non-hydrogen) atoms. The average molecular weight is 461 g/mol. The van der Waals surface area contributed by atoms with Gasteiger partial charge in [0.15, 0.2) is 0 Å². The molecule has 1 aliphatic heterocycles. The molecule has 0 bridgehead atoms. The zero-order valence-corrected chi connectivity index (χ0v) is 19.0. The number of para-hydroxylation sites is 2. The predicted octanol–water partition coefficient (Wildman–Crippen LogP) is 3.92. The number of nitrogens with zero attached hydrogens (tertiary/aromatic N) is 2. The number of nitrogens with one attached hydrogen (secondary N) is 2. The lowest BCUT2D eigenvalue weighted by atomic mass is 9.96. The summed E-state index contributed by atoms with van der Waals surface area (Å²) in [5.74, 6) is 0.674. The molecule has 0 unspecified atom stereocenters. The van der Waals surface area contributed by atoms with E-state index in [1.807, 2.05) is 24.3 Å². The molecule has 1 aromatic heterocycles. The van der Waals surface area contributed by atoms with Crippen molar-refractivity contribution in [3.63, 3.8) is 0 Å². The number of sulfonamides is 1. The highest BCUT2D eigenvalue weighted by Crippen LogP contribution is 2.29. The molecule has 2 aromatic carbocycles. The van der Waals surface area contributed by atoms with Gasteiger partial charge in [-0.3, -0.25) is 4.79 Å². The Balaban J connectivity index is 1.58. The maximum Gasteiger partial charge on any atom is 0.255 e. The first-order valence-electron chi connectivity index (χ1n) is 10.3. The van der Waals surface area contributed by atoms with Gasteiger partial charge in [0, 0.05) is 25.0 Å². The van der Waals surface area contributed by atoms with Gasteiger partial charge in [0.1, 0.15) is 5.82 Å². The molecule has 2 N–H and O–H groups in total. The van der Waals surface area contributed by atoms with Crippen LogP contribution in [0.1, 0.15) is 48.8 Å². The summed E-state index contributed by atoms with van der Waals surface area (Å²) >= 11 is 6.29. The number of hydrogen-bond acceptors (Lipinski definition) is 4. The maximum absolute atomic E-state index is 13.3. The van der Waals surface area contributed by atoms with E-state index in [0.717, 1.165) is 29.7 Å². The fraction of sp³-hybridized carbons (Fsp3) is 0.364. The molecule has 2 heterocycles. The van der Waals surface area contributed by atoms with Gasteiger partial charge in [-0.25, -0.2) is 18.1 Å². The van der Waals surface area contributed by atoms with Crippen molar-refractivity contribution in [3.8, 4) is 0 Å². The van der Waals surface area contributed by atoms with Gasteiger partial charge in [0.25, 0.3) is 5.91 Å². The van der Waals surface area contributed by atoms with Crippen molar-refractivity contribution >= 4 is 38.6 Å². The smallest absolute Gasteiger partial charge is 0.255 e. The number of amides is 1. The highest BCUT2D eigenvalue weighted by Gasteiger charge is 2.29. The van der Waals surface area contributed by atoms with Gasteiger partial charge in [-0.05, 0) is 57.0 Å². The minimum absolute atomic E-state index is 0.0276. The van der Waals surface area contributed by atoms with Crippen LogP contribution in [0.2, 0.25) is 5.02 Å². The molecule has 1 aliphatic rings. The molecule has 0 aliphatic carbocycles. The van der Waals surface area contributed by atoms with Gasteiger partial charge in [0.05, 0.1) is 26.5 Å². The Morgan fingerprint density at radius 1 is 1.26 bits per heavy atom. The molecule has 1 saturated heterocycles. The van der Waals surface area contributed by atoms with Crippen molar-refractivity contribution in [2.45, 2.75) is 43.5 Å². The second-order valence-electron chi connectivity index (χ2n) is 8.15. The third-order valence-corrected chi connectivity index (χ3v) is 7.36. The lowest BCUT2D eigenvalue weighted by Crippen LogP contribution is -2.39. The number of imidazole rings is 1. The number of piperidine rings is 1. The summed E-state index contributed by atoms with van der Waals surface area (Å²) in [5, 5.41) is 0.236. The number of carbonyl (C=O) groups excluding carboxylic acids is 1. The number of aromatic nitrogens is 2. The largest absolute Gasteiger partial charge is 0.342 e. The number of H-pyrrole nitrogens is 1. The summed E-state index contributed by atoms with van der Waals surface area (Å²) in [6.45, 7) is 4.57. The van der Waals surface area contributed by atoms with Crippen LogP contribution in [0.5, 0.6) is 0 Å². The minimum atomic E-state index is -3.73. The van der Waals surface area contributed by atoms with Gasteiger partial charge in [-0.2, -0.15) is 0 Å². The van der Waals surface area contributed by atoms with E-state index in [2.05, 4.69) is 14.7 Å². The number of carbonyl (C=O) groups is 1. The van der Waals surface area contributed by atoms with Crippen LogP contribution in [0.4, 0.5) is 0 Å². The number of aromatic amines is 1. The zero-order valence-electron chi connectivity index (χ0n) is 17.4. The van der Waals surface area contributed by atoms with Crippen LogP contribution in [-0.4, -0.2) is 48.3 Å². The summed E-state index contributed by atoms with van der Waals surface area (Å²) in [6.07, 6.45) is 1.75. The van der Waals surface area contributed by atoms with Crippen molar-refractivity contribution in [3.05, 3.63) is 58.9 Å². The van der Waals surface area contributed by atoms with Crippen molar-refractivity contribution in [2.24, 2.45) is 0 Å². The van der Waals surface area contributed by atoms with Gasteiger partial charge in [-0.15, -0.1) is 0 Å². The topological polar surface area (TPSA) is 95.2 Å². The van der Waals surface area contributed by atoms with Gasteiger partial charge in [0.2, 0.25) is 10.0 Å². The maximum atomic E-state index is 13.3. The van der Waals surface area contributed by atoms with Gasteiger partial charge in [-0.1, -0.05) is 23.7 Å².